The minimum Gasteiger partial charge on any atom is -0.487 e. The molecule has 1 amide bonds. The maximum Gasteiger partial charge on any atom is 0.335 e. The summed E-state index contributed by atoms with van der Waals surface area (Å²) in [5.74, 6) is -0.384. The number of anilines is 1. The standard InChI is InChI=1S/C16H15NO4/c1-11-8-12(6-7-13(11)16(19)20)9-21-15-5-3-2-4-14(15)17-10-18/h2-8,10H,9H2,1H3,(H,17,18)(H,19,20). The van der Waals surface area contributed by atoms with Gasteiger partial charge in [0, 0.05) is 0 Å². The Labute approximate surface area is 122 Å². The Morgan fingerprint density at radius 3 is 2.71 bits per heavy atom. The van der Waals surface area contributed by atoms with Crippen LogP contribution >= 0.6 is 0 Å². The molecule has 0 radical (unpaired) electrons. The molecule has 0 aromatic heterocycles. The van der Waals surface area contributed by atoms with Gasteiger partial charge in [-0.05, 0) is 36.2 Å². The van der Waals surface area contributed by atoms with E-state index in [0.717, 1.165) is 5.56 Å². The van der Waals surface area contributed by atoms with Gasteiger partial charge in [0.05, 0.1) is 11.3 Å². The molecule has 2 aromatic carbocycles. The van der Waals surface area contributed by atoms with Gasteiger partial charge in [0.15, 0.2) is 0 Å². The van der Waals surface area contributed by atoms with Gasteiger partial charge in [-0.15, -0.1) is 0 Å². The number of benzene rings is 2. The van der Waals surface area contributed by atoms with Crippen molar-refractivity contribution in [2.45, 2.75) is 13.5 Å². The van der Waals surface area contributed by atoms with Gasteiger partial charge in [0.1, 0.15) is 12.4 Å². The van der Waals surface area contributed by atoms with Gasteiger partial charge in [0.25, 0.3) is 0 Å². The fraction of sp³-hybridized carbons (Fsp3) is 0.125. The number of hydrogen-bond donors (Lipinski definition) is 2. The molecule has 0 aliphatic rings. The van der Waals surface area contributed by atoms with E-state index in [1.165, 1.54) is 0 Å². The quantitative estimate of drug-likeness (QED) is 0.800. The zero-order chi connectivity index (χ0) is 15.2. The Morgan fingerprint density at radius 2 is 2.05 bits per heavy atom. The topological polar surface area (TPSA) is 75.6 Å². The summed E-state index contributed by atoms with van der Waals surface area (Å²) in [6.07, 6.45) is 0.591. The molecule has 0 bridgehead atoms. The third kappa shape index (κ3) is 3.60. The summed E-state index contributed by atoms with van der Waals surface area (Å²) in [5.41, 5.74) is 2.41. The van der Waals surface area contributed by atoms with Crippen LogP contribution in [0.25, 0.3) is 0 Å². The summed E-state index contributed by atoms with van der Waals surface area (Å²) in [4.78, 5) is 21.5. The largest absolute Gasteiger partial charge is 0.487 e. The highest BCUT2D eigenvalue weighted by molar-refractivity contribution is 5.89. The molecule has 5 nitrogen and oxygen atoms in total. The van der Waals surface area contributed by atoms with E-state index in [1.807, 2.05) is 6.07 Å². The maximum atomic E-state index is 11.0. The molecular formula is C16H15NO4. The van der Waals surface area contributed by atoms with Crippen LogP contribution in [0.15, 0.2) is 42.5 Å². The van der Waals surface area contributed by atoms with Crippen LogP contribution in [0.2, 0.25) is 0 Å². The van der Waals surface area contributed by atoms with Crippen molar-refractivity contribution in [3.8, 4) is 5.75 Å². The van der Waals surface area contributed by atoms with E-state index in [9.17, 15) is 9.59 Å². The van der Waals surface area contributed by atoms with E-state index >= 15 is 0 Å². The molecule has 0 fully saturated rings. The number of rotatable bonds is 6. The highest BCUT2D eigenvalue weighted by atomic mass is 16.5. The number of amides is 1. The van der Waals surface area contributed by atoms with Gasteiger partial charge in [0.2, 0.25) is 6.41 Å². The molecule has 108 valence electrons. The first-order valence-corrected chi connectivity index (χ1v) is 6.36. The Hall–Kier alpha value is -2.82. The molecule has 2 rings (SSSR count). The molecule has 0 aliphatic carbocycles. The van der Waals surface area contributed by atoms with Crippen molar-refractivity contribution in [1.29, 1.82) is 0 Å². The normalized spacial score (nSPS) is 9.95. The zero-order valence-electron chi connectivity index (χ0n) is 11.5. The fourth-order valence-electron chi connectivity index (χ4n) is 1.99. The number of carbonyl (C=O) groups excluding carboxylic acids is 1. The lowest BCUT2D eigenvalue weighted by Crippen LogP contribution is -2.03. The lowest BCUT2D eigenvalue weighted by molar-refractivity contribution is -0.105. The lowest BCUT2D eigenvalue weighted by atomic mass is 10.1. The smallest absolute Gasteiger partial charge is 0.335 e. The predicted molar refractivity (Wildman–Crippen MR) is 78.6 cm³/mol. The molecule has 2 N–H and O–H groups in total. The highest BCUT2D eigenvalue weighted by Gasteiger charge is 2.08. The Kier molecular flexibility index (Phi) is 4.56. The van der Waals surface area contributed by atoms with E-state index in [-0.39, 0.29) is 12.2 Å². The third-order valence-corrected chi connectivity index (χ3v) is 3.02. The van der Waals surface area contributed by atoms with Crippen molar-refractivity contribution in [3.63, 3.8) is 0 Å². The summed E-state index contributed by atoms with van der Waals surface area (Å²) < 4.78 is 5.66. The van der Waals surface area contributed by atoms with Crippen LogP contribution in [0.5, 0.6) is 5.75 Å². The van der Waals surface area contributed by atoms with E-state index in [1.54, 1.807) is 43.3 Å². The minimum absolute atomic E-state index is 0.279. The Bertz CT molecular complexity index is 667. The molecule has 0 saturated carbocycles. The number of carbonyl (C=O) groups is 2. The number of nitrogens with one attached hydrogen (secondary N) is 1. The SMILES string of the molecule is Cc1cc(COc2ccccc2NC=O)ccc1C(=O)O. The van der Waals surface area contributed by atoms with Crippen molar-refractivity contribution in [1.82, 2.24) is 0 Å². The highest BCUT2D eigenvalue weighted by Crippen LogP contribution is 2.24. The Balaban J connectivity index is 2.12. The summed E-state index contributed by atoms with van der Waals surface area (Å²) in [7, 11) is 0. The van der Waals surface area contributed by atoms with E-state index < -0.39 is 5.97 Å². The average molecular weight is 285 g/mol. The van der Waals surface area contributed by atoms with Gasteiger partial charge < -0.3 is 15.2 Å². The number of carboxylic acids is 1. The first kappa shape index (κ1) is 14.6. The summed E-state index contributed by atoms with van der Waals surface area (Å²) in [6, 6.07) is 12.2. The number of hydrogen-bond acceptors (Lipinski definition) is 3. The first-order chi connectivity index (χ1) is 10.1. The predicted octanol–water partition coefficient (Wildman–Crippen LogP) is 2.84. The van der Waals surface area contributed by atoms with Gasteiger partial charge >= 0.3 is 5.97 Å². The summed E-state index contributed by atoms with van der Waals surface area (Å²) >= 11 is 0. The second kappa shape index (κ2) is 6.56. The van der Waals surface area contributed by atoms with Crippen molar-refractivity contribution in [2.75, 3.05) is 5.32 Å². The Morgan fingerprint density at radius 1 is 1.29 bits per heavy atom. The van der Waals surface area contributed by atoms with Gasteiger partial charge in [-0.1, -0.05) is 24.3 Å². The number of carboxylic acid groups (broad SMARTS) is 1. The number of aryl methyl sites for hydroxylation is 1. The first-order valence-electron chi connectivity index (χ1n) is 6.36. The van der Waals surface area contributed by atoms with Crippen LogP contribution in [-0.2, 0) is 11.4 Å². The molecule has 2 aromatic rings. The van der Waals surface area contributed by atoms with Crippen LogP contribution in [0.1, 0.15) is 21.5 Å². The van der Waals surface area contributed by atoms with Crippen LogP contribution < -0.4 is 10.1 Å². The van der Waals surface area contributed by atoms with E-state index in [2.05, 4.69) is 5.32 Å². The maximum absolute atomic E-state index is 11.0. The monoisotopic (exact) mass is 285 g/mol. The number of para-hydroxylation sites is 2. The number of ether oxygens (including phenoxy) is 1. The second-order valence-corrected chi connectivity index (χ2v) is 4.50. The molecular weight excluding hydrogens is 270 g/mol. The van der Waals surface area contributed by atoms with Gasteiger partial charge in [-0.3, -0.25) is 4.79 Å². The second-order valence-electron chi connectivity index (χ2n) is 4.50. The number of aromatic carboxylic acids is 1. The van der Waals surface area contributed by atoms with Crippen LogP contribution in [0.3, 0.4) is 0 Å². The van der Waals surface area contributed by atoms with Crippen LogP contribution in [0, 0.1) is 6.92 Å². The minimum atomic E-state index is -0.944. The van der Waals surface area contributed by atoms with Crippen LogP contribution in [-0.4, -0.2) is 17.5 Å². The molecule has 0 aliphatic heterocycles. The fourth-order valence-corrected chi connectivity index (χ4v) is 1.99. The lowest BCUT2D eigenvalue weighted by Gasteiger charge is -2.11. The van der Waals surface area contributed by atoms with E-state index in [4.69, 9.17) is 9.84 Å². The molecule has 0 spiro atoms. The average Bonchev–Trinajstić information content (AvgIpc) is 2.46. The van der Waals surface area contributed by atoms with Gasteiger partial charge in [-0.2, -0.15) is 0 Å². The molecule has 0 unspecified atom stereocenters. The van der Waals surface area contributed by atoms with Crippen molar-refractivity contribution >= 4 is 18.1 Å². The molecule has 0 atom stereocenters. The van der Waals surface area contributed by atoms with Crippen LogP contribution in [0.4, 0.5) is 5.69 Å². The summed E-state index contributed by atoms with van der Waals surface area (Å²) in [5, 5.41) is 11.6. The molecule has 21 heavy (non-hydrogen) atoms. The molecule has 5 heteroatoms. The van der Waals surface area contributed by atoms with Gasteiger partial charge in [-0.25, -0.2) is 4.79 Å². The van der Waals surface area contributed by atoms with Crippen molar-refractivity contribution < 1.29 is 19.4 Å². The molecule has 0 saturated heterocycles. The van der Waals surface area contributed by atoms with Crippen molar-refractivity contribution in [3.05, 3.63) is 59.2 Å². The summed E-state index contributed by atoms with van der Waals surface area (Å²) in [6.45, 7) is 2.03. The van der Waals surface area contributed by atoms with Crippen molar-refractivity contribution in [2.24, 2.45) is 0 Å². The zero-order valence-corrected chi connectivity index (χ0v) is 11.5. The molecule has 0 heterocycles. The third-order valence-electron chi connectivity index (χ3n) is 3.02. The van der Waals surface area contributed by atoms with E-state index in [0.29, 0.717) is 23.4 Å².